The lowest BCUT2D eigenvalue weighted by Gasteiger charge is -2.15. The van der Waals surface area contributed by atoms with Gasteiger partial charge >= 0.3 is 0 Å². The molecule has 11 heteroatoms. The second kappa shape index (κ2) is 11.1. The molecule has 0 unspecified atom stereocenters. The molecule has 0 saturated carbocycles. The molecule has 36 heavy (non-hydrogen) atoms. The first-order chi connectivity index (χ1) is 17.2. The Morgan fingerprint density at radius 3 is 2.53 bits per heavy atom. The SMILES string of the molecule is CN(C)CCCc1cncc(NC(=O)c2nc(-c3ccc(S(=O)(=O)N4CCCC4)cc3)cnc2N)c1. The summed E-state index contributed by atoms with van der Waals surface area (Å²) in [6.45, 7) is 2.04. The molecule has 1 fully saturated rings. The maximum Gasteiger partial charge on any atom is 0.278 e. The lowest BCUT2D eigenvalue weighted by molar-refractivity contribution is 0.102. The minimum atomic E-state index is -3.51. The molecule has 1 saturated heterocycles. The van der Waals surface area contributed by atoms with Crippen LogP contribution in [0.2, 0.25) is 0 Å². The quantitative estimate of drug-likeness (QED) is 0.450. The third-order valence-corrected chi connectivity index (χ3v) is 7.91. The Hall–Kier alpha value is -3.41. The van der Waals surface area contributed by atoms with Crippen molar-refractivity contribution < 1.29 is 13.2 Å². The fourth-order valence-corrected chi connectivity index (χ4v) is 5.58. The highest BCUT2D eigenvalue weighted by molar-refractivity contribution is 7.89. The number of nitrogens with zero attached hydrogens (tertiary/aromatic N) is 5. The van der Waals surface area contributed by atoms with Gasteiger partial charge in [-0.2, -0.15) is 4.31 Å². The van der Waals surface area contributed by atoms with Gasteiger partial charge in [-0.25, -0.2) is 18.4 Å². The van der Waals surface area contributed by atoms with Crippen LogP contribution in [0.1, 0.15) is 35.3 Å². The zero-order valence-corrected chi connectivity index (χ0v) is 21.3. The first-order valence-corrected chi connectivity index (χ1v) is 13.3. The van der Waals surface area contributed by atoms with E-state index in [1.165, 1.54) is 10.5 Å². The molecule has 1 aliphatic heterocycles. The van der Waals surface area contributed by atoms with E-state index in [4.69, 9.17) is 5.73 Å². The van der Waals surface area contributed by atoms with E-state index in [1.54, 1.807) is 36.7 Å². The molecule has 1 amide bonds. The molecule has 0 aliphatic carbocycles. The molecular formula is C25H31N7O3S. The van der Waals surface area contributed by atoms with Crippen LogP contribution < -0.4 is 11.1 Å². The van der Waals surface area contributed by atoms with Crippen molar-refractivity contribution in [1.29, 1.82) is 0 Å². The number of aromatic nitrogens is 3. The predicted octanol–water partition coefficient (Wildman–Crippen LogP) is 2.65. The van der Waals surface area contributed by atoms with Gasteiger partial charge in [0.05, 0.1) is 28.7 Å². The Kier molecular flexibility index (Phi) is 7.92. The minimum absolute atomic E-state index is 0.000391. The number of nitrogens with one attached hydrogen (secondary N) is 1. The van der Waals surface area contributed by atoms with Gasteiger partial charge in [0.1, 0.15) is 0 Å². The summed E-state index contributed by atoms with van der Waals surface area (Å²) in [4.78, 5) is 28.1. The molecule has 3 N–H and O–H groups in total. The van der Waals surface area contributed by atoms with Crippen LogP contribution in [0.25, 0.3) is 11.3 Å². The number of hydrogen-bond donors (Lipinski definition) is 2. The van der Waals surface area contributed by atoms with Gasteiger partial charge in [-0.1, -0.05) is 12.1 Å². The Labute approximate surface area is 211 Å². The Morgan fingerprint density at radius 1 is 1.11 bits per heavy atom. The zero-order chi connectivity index (χ0) is 25.7. The van der Waals surface area contributed by atoms with E-state index in [-0.39, 0.29) is 16.4 Å². The predicted molar refractivity (Wildman–Crippen MR) is 139 cm³/mol. The smallest absolute Gasteiger partial charge is 0.278 e. The van der Waals surface area contributed by atoms with Gasteiger partial charge in [-0.15, -0.1) is 0 Å². The molecule has 0 spiro atoms. The van der Waals surface area contributed by atoms with Crippen LogP contribution >= 0.6 is 0 Å². The minimum Gasteiger partial charge on any atom is -0.382 e. The van der Waals surface area contributed by atoms with E-state index in [9.17, 15) is 13.2 Å². The number of rotatable bonds is 9. The van der Waals surface area contributed by atoms with E-state index in [0.717, 1.165) is 37.8 Å². The monoisotopic (exact) mass is 509 g/mol. The number of benzene rings is 1. The molecule has 3 heterocycles. The maximum absolute atomic E-state index is 13.0. The van der Waals surface area contributed by atoms with Gasteiger partial charge < -0.3 is 16.0 Å². The van der Waals surface area contributed by atoms with Crippen LogP contribution in [0, 0.1) is 0 Å². The highest BCUT2D eigenvalue weighted by Gasteiger charge is 2.27. The topological polar surface area (TPSA) is 134 Å². The fourth-order valence-electron chi connectivity index (χ4n) is 4.06. The Bertz CT molecular complexity index is 1320. The van der Waals surface area contributed by atoms with Gasteiger partial charge in [0.15, 0.2) is 11.5 Å². The number of hydrogen-bond acceptors (Lipinski definition) is 8. The maximum atomic E-state index is 13.0. The van der Waals surface area contributed by atoms with Crippen molar-refractivity contribution in [3.63, 3.8) is 0 Å². The second-order valence-electron chi connectivity index (χ2n) is 9.07. The van der Waals surface area contributed by atoms with Crippen molar-refractivity contribution in [3.05, 3.63) is 60.2 Å². The first-order valence-electron chi connectivity index (χ1n) is 11.9. The van der Waals surface area contributed by atoms with Crippen molar-refractivity contribution in [1.82, 2.24) is 24.2 Å². The molecule has 4 rings (SSSR count). The highest BCUT2D eigenvalue weighted by atomic mass is 32.2. The lowest BCUT2D eigenvalue weighted by atomic mass is 10.1. The normalized spacial score (nSPS) is 14.3. The average Bonchev–Trinajstić information content (AvgIpc) is 3.41. The van der Waals surface area contributed by atoms with Gasteiger partial charge in [-0.05, 0) is 70.1 Å². The molecule has 1 aromatic carbocycles. The number of carbonyl (C=O) groups excluding carboxylic acids is 1. The van der Waals surface area contributed by atoms with E-state index >= 15 is 0 Å². The molecular weight excluding hydrogens is 478 g/mol. The van der Waals surface area contributed by atoms with Gasteiger partial charge in [0, 0.05) is 24.8 Å². The zero-order valence-electron chi connectivity index (χ0n) is 20.5. The number of nitrogens with two attached hydrogens (primary N) is 1. The largest absolute Gasteiger partial charge is 0.382 e. The van der Waals surface area contributed by atoms with Gasteiger partial charge in [0.25, 0.3) is 5.91 Å². The van der Waals surface area contributed by atoms with Crippen molar-refractivity contribution >= 4 is 27.4 Å². The molecule has 0 bridgehead atoms. The summed E-state index contributed by atoms with van der Waals surface area (Å²) < 4.78 is 27.1. The van der Waals surface area contributed by atoms with Crippen molar-refractivity contribution in [2.75, 3.05) is 44.8 Å². The van der Waals surface area contributed by atoms with Gasteiger partial charge in [0.2, 0.25) is 10.0 Å². The summed E-state index contributed by atoms with van der Waals surface area (Å²) in [5, 5.41) is 2.80. The summed E-state index contributed by atoms with van der Waals surface area (Å²) >= 11 is 0. The van der Waals surface area contributed by atoms with Crippen LogP contribution in [-0.2, 0) is 16.4 Å². The first kappa shape index (κ1) is 25.7. The summed E-state index contributed by atoms with van der Waals surface area (Å²) in [6.07, 6.45) is 8.39. The molecule has 190 valence electrons. The van der Waals surface area contributed by atoms with Crippen LogP contribution in [0.15, 0.2) is 53.8 Å². The highest BCUT2D eigenvalue weighted by Crippen LogP contribution is 2.25. The average molecular weight is 510 g/mol. The Morgan fingerprint density at radius 2 is 1.83 bits per heavy atom. The third-order valence-electron chi connectivity index (χ3n) is 5.99. The molecule has 2 aromatic heterocycles. The molecule has 3 aromatic rings. The third kappa shape index (κ3) is 6.04. The number of pyridine rings is 1. The summed E-state index contributed by atoms with van der Waals surface area (Å²) in [7, 11) is 0.545. The van der Waals surface area contributed by atoms with Crippen LogP contribution in [0.5, 0.6) is 0 Å². The summed E-state index contributed by atoms with van der Waals surface area (Å²) in [6, 6.07) is 8.30. The Balaban J connectivity index is 1.49. The van der Waals surface area contributed by atoms with E-state index < -0.39 is 15.9 Å². The molecule has 0 radical (unpaired) electrons. The number of carbonyl (C=O) groups is 1. The molecule has 0 atom stereocenters. The van der Waals surface area contributed by atoms with Gasteiger partial charge in [-0.3, -0.25) is 9.78 Å². The number of nitrogen functional groups attached to an aromatic ring is 1. The fraction of sp³-hybridized carbons (Fsp3) is 0.360. The van der Waals surface area contributed by atoms with Crippen LogP contribution in [0.4, 0.5) is 11.5 Å². The van der Waals surface area contributed by atoms with E-state index in [0.29, 0.717) is 30.0 Å². The number of amides is 1. The van der Waals surface area contributed by atoms with E-state index in [1.807, 2.05) is 20.2 Å². The number of anilines is 2. The van der Waals surface area contributed by atoms with E-state index in [2.05, 4.69) is 25.2 Å². The molecule has 1 aliphatic rings. The van der Waals surface area contributed by atoms with Crippen molar-refractivity contribution in [2.45, 2.75) is 30.6 Å². The summed E-state index contributed by atoms with van der Waals surface area (Å²) in [5.41, 5.74) is 8.55. The standard InChI is InChI=1S/C25H31N7O3S/c1-31(2)11-5-6-18-14-20(16-27-15-18)29-25(33)23-24(26)28-17-22(30-23)19-7-9-21(10-8-19)36(34,35)32-12-3-4-13-32/h7-10,14-17H,3-6,11-13H2,1-2H3,(H2,26,28)(H,29,33). The lowest BCUT2D eigenvalue weighted by Crippen LogP contribution is -2.27. The summed E-state index contributed by atoms with van der Waals surface area (Å²) in [5.74, 6) is -0.498. The molecule has 10 nitrogen and oxygen atoms in total. The van der Waals surface area contributed by atoms with Crippen molar-refractivity contribution in [3.8, 4) is 11.3 Å². The number of aryl methyl sites for hydroxylation is 1. The number of sulfonamides is 1. The van der Waals surface area contributed by atoms with Crippen LogP contribution in [0.3, 0.4) is 0 Å². The van der Waals surface area contributed by atoms with Crippen molar-refractivity contribution in [2.24, 2.45) is 0 Å². The second-order valence-corrected chi connectivity index (χ2v) is 11.0. The van der Waals surface area contributed by atoms with Crippen LogP contribution in [-0.4, -0.2) is 72.2 Å².